The van der Waals surface area contributed by atoms with Crippen molar-refractivity contribution < 1.29 is 14.4 Å². The van der Waals surface area contributed by atoms with Gasteiger partial charge in [0.15, 0.2) is 0 Å². The Morgan fingerprint density at radius 2 is 1.82 bits per heavy atom. The van der Waals surface area contributed by atoms with E-state index in [-0.39, 0.29) is 23.8 Å². The largest absolute Gasteiger partial charge is 0.339 e. The maximum atomic E-state index is 12.6. The molecule has 1 fully saturated rings. The monoisotopic (exact) mass is 301 g/mol. The fraction of sp³-hybridized carbons (Fsp3) is 0.438. The summed E-state index contributed by atoms with van der Waals surface area (Å²) in [6, 6.07) is 4.95. The highest BCUT2D eigenvalue weighted by molar-refractivity contribution is 6.21. The summed E-state index contributed by atoms with van der Waals surface area (Å²) < 4.78 is 0. The molecule has 0 bridgehead atoms. The van der Waals surface area contributed by atoms with E-state index in [1.54, 1.807) is 30.1 Å². The first-order valence-corrected chi connectivity index (χ1v) is 7.45. The van der Waals surface area contributed by atoms with E-state index < -0.39 is 0 Å². The quantitative estimate of drug-likeness (QED) is 0.818. The predicted molar refractivity (Wildman–Crippen MR) is 80.9 cm³/mol. The van der Waals surface area contributed by atoms with Crippen molar-refractivity contribution in [1.29, 1.82) is 0 Å². The van der Waals surface area contributed by atoms with Crippen LogP contribution in [0.25, 0.3) is 0 Å². The first kappa shape index (κ1) is 14.7. The molecule has 1 aromatic rings. The SMILES string of the molecule is CN1C(=O)c2ccc(C(=O)N(C)C3CCNCC3)cc2C1=O. The Labute approximate surface area is 129 Å². The molecule has 0 aliphatic carbocycles. The number of amides is 3. The van der Waals surface area contributed by atoms with Crippen LogP contribution < -0.4 is 5.32 Å². The van der Waals surface area contributed by atoms with E-state index in [1.807, 2.05) is 0 Å². The molecule has 1 N–H and O–H groups in total. The minimum atomic E-state index is -0.348. The second kappa shape index (κ2) is 5.53. The van der Waals surface area contributed by atoms with Crippen molar-refractivity contribution >= 4 is 17.7 Å². The highest BCUT2D eigenvalue weighted by Gasteiger charge is 2.33. The van der Waals surface area contributed by atoms with Crippen molar-refractivity contribution in [2.24, 2.45) is 0 Å². The molecular weight excluding hydrogens is 282 g/mol. The van der Waals surface area contributed by atoms with Gasteiger partial charge in [-0.25, -0.2) is 0 Å². The Balaban J connectivity index is 1.85. The molecular formula is C16H19N3O3. The lowest BCUT2D eigenvalue weighted by Gasteiger charge is -2.31. The Kier molecular flexibility index (Phi) is 3.70. The van der Waals surface area contributed by atoms with Crippen molar-refractivity contribution in [3.63, 3.8) is 0 Å². The molecule has 0 saturated carbocycles. The molecule has 2 heterocycles. The summed E-state index contributed by atoms with van der Waals surface area (Å²) in [4.78, 5) is 39.3. The third kappa shape index (κ3) is 2.29. The highest BCUT2D eigenvalue weighted by Crippen LogP contribution is 2.24. The van der Waals surface area contributed by atoms with Gasteiger partial charge in [0.25, 0.3) is 17.7 Å². The molecule has 0 aromatic heterocycles. The normalized spacial score (nSPS) is 18.5. The van der Waals surface area contributed by atoms with Gasteiger partial charge >= 0.3 is 0 Å². The van der Waals surface area contributed by atoms with E-state index in [2.05, 4.69) is 5.32 Å². The van der Waals surface area contributed by atoms with Gasteiger partial charge < -0.3 is 10.2 Å². The second-order valence-electron chi connectivity index (χ2n) is 5.83. The van der Waals surface area contributed by atoms with Crippen LogP contribution in [0.15, 0.2) is 18.2 Å². The van der Waals surface area contributed by atoms with E-state index in [9.17, 15) is 14.4 Å². The Morgan fingerprint density at radius 3 is 2.50 bits per heavy atom. The van der Waals surface area contributed by atoms with Crippen LogP contribution in [-0.4, -0.2) is 60.7 Å². The zero-order chi connectivity index (χ0) is 15.9. The van der Waals surface area contributed by atoms with E-state index in [0.29, 0.717) is 16.7 Å². The zero-order valence-electron chi connectivity index (χ0n) is 12.8. The van der Waals surface area contributed by atoms with Gasteiger partial charge in [-0.15, -0.1) is 0 Å². The number of imide groups is 1. The van der Waals surface area contributed by atoms with Crippen LogP contribution in [0.4, 0.5) is 0 Å². The number of nitrogens with one attached hydrogen (secondary N) is 1. The topological polar surface area (TPSA) is 69.7 Å². The van der Waals surface area contributed by atoms with Gasteiger partial charge in [-0.2, -0.15) is 0 Å². The molecule has 6 nitrogen and oxygen atoms in total. The van der Waals surface area contributed by atoms with Crippen LogP contribution in [-0.2, 0) is 0 Å². The summed E-state index contributed by atoms with van der Waals surface area (Å²) in [5, 5.41) is 3.27. The molecule has 0 spiro atoms. The van der Waals surface area contributed by atoms with Gasteiger partial charge in [-0.3, -0.25) is 19.3 Å². The summed E-state index contributed by atoms with van der Waals surface area (Å²) >= 11 is 0. The average molecular weight is 301 g/mol. The lowest BCUT2D eigenvalue weighted by atomic mass is 10.0. The lowest BCUT2D eigenvalue weighted by molar-refractivity contribution is 0.0689. The highest BCUT2D eigenvalue weighted by atomic mass is 16.2. The standard InChI is InChI=1S/C16H19N3O3/c1-18(11-5-7-17-8-6-11)14(20)10-3-4-12-13(9-10)16(22)19(2)15(12)21/h3-4,9,11,17H,5-8H2,1-2H3. The first-order chi connectivity index (χ1) is 10.5. The smallest absolute Gasteiger partial charge is 0.261 e. The summed E-state index contributed by atoms with van der Waals surface area (Å²) in [5.41, 5.74) is 1.14. The zero-order valence-corrected chi connectivity index (χ0v) is 12.8. The number of hydrogen-bond acceptors (Lipinski definition) is 4. The third-order valence-corrected chi connectivity index (χ3v) is 4.51. The fourth-order valence-corrected chi connectivity index (χ4v) is 3.06. The second-order valence-corrected chi connectivity index (χ2v) is 5.83. The summed E-state index contributed by atoms with van der Waals surface area (Å²) in [6.45, 7) is 1.81. The van der Waals surface area contributed by atoms with Crippen LogP contribution in [0.3, 0.4) is 0 Å². The molecule has 6 heteroatoms. The fourth-order valence-electron chi connectivity index (χ4n) is 3.06. The number of rotatable bonds is 2. The van der Waals surface area contributed by atoms with Crippen LogP contribution in [0.1, 0.15) is 43.9 Å². The Hall–Kier alpha value is -2.21. The molecule has 3 rings (SSSR count). The summed E-state index contributed by atoms with van der Waals surface area (Å²) in [7, 11) is 3.25. The molecule has 22 heavy (non-hydrogen) atoms. The minimum absolute atomic E-state index is 0.107. The lowest BCUT2D eigenvalue weighted by Crippen LogP contribution is -2.44. The molecule has 2 aliphatic rings. The maximum Gasteiger partial charge on any atom is 0.261 e. The summed E-state index contributed by atoms with van der Waals surface area (Å²) in [6.07, 6.45) is 1.85. The van der Waals surface area contributed by atoms with E-state index in [0.717, 1.165) is 30.8 Å². The first-order valence-electron chi connectivity index (χ1n) is 7.45. The van der Waals surface area contributed by atoms with E-state index in [1.165, 1.54) is 7.05 Å². The molecule has 1 saturated heterocycles. The number of hydrogen-bond donors (Lipinski definition) is 1. The van der Waals surface area contributed by atoms with Crippen LogP contribution >= 0.6 is 0 Å². The van der Waals surface area contributed by atoms with Gasteiger partial charge in [0, 0.05) is 25.7 Å². The molecule has 0 radical (unpaired) electrons. The van der Waals surface area contributed by atoms with Crippen molar-refractivity contribution in [2.45, 2.75) is 18.9 Å². The van der Waals surface area contributed by atoms with Crippen molar-refractivity contribution in [2.75, 3.05) is 27.2 Å². The van der Waals surface area contributed by atoms with Crippen molar-refractivity contribution in [3.8, 4) is 0 Å². The molecule has 0 unspecified atom stereocenters. The minimum Gasteiger partial charge on any atom is -0.339 e. The van der Waals surface area contributed by atoms with Crippen LogP contribution in [0.2, 0.25) is 0 Å². The predicted octanol–water partition coefficient (Wildman–Crippen LogP) is 0.736. The van der Waals surface area contributed by atoms with Crippen molar-refractivity contribution in [3.05, 3.63) is 34.9 Å². The number of piperidine rings is 1. The number of carbonyl (C=O) groups is 3. The Morgan fingerprint density at radius 1 is 1.18 bits per heavy atom. The summed E-state index contributed by atoms with van der Waals surface area (Å²) in [5.74, 6) is -0.769. The average Bonchev–Trinajstić information content (AvgIpc) is 2.78. The van der Waals surface area contributed by atoms with Gasteiger partial charge in [-0.1, -0.05) is 0 Å². The molecule has 116 valence electrons. The van der Waals surface area contributed by atoms with Crippen LogP contribution in [0.5, 0.6) is 0 Å². The third-order valence-electron chi connectivity index (χ3n) is 4.51. The van der Waals surface area contributed by atoms with Gasteiger partial charge in [0.2, 0.25) is 0 Å². The molecule has 2 aliphatic heterocycles. The van der Waals surface area contributed by atoms with E-state index >= 15 is 0 Å². The number of fused-ring (bicyclic) bond motifs is 1. The van der Waals surface area contributed by atoms with Crippen molar-refractivity contribution in [1.82, 2.24) is 15.1 Å². The number of carbonyl (C=O) groups excluding carboxylic acids is 3. The van der Waals surface area contributed by atoms with Gasteiger partial charge in [-0.05, 0) is 44.1 Å². The van der Waals surface area contributed by atoms with Crippen LogP contribution in [0, 0.1) is 0 Å². The van der Waals surface area contributed by atoms with Gasteiger partial charge in [0.1, 0.15) is 0 Å². The number of benzene rings is 1. The molecule has 1 aromatic carbocycles. The number of nitrogens with zero attached hydrogens (tertiary/aromatic N) is 2. The Bertz CT molecular complexity index is 650. The maximum absolute atomic E-state index is 12.6. The van der Waals surface area contributed by atoms with E-state index in [4.69, 9.17) is 0 Å². The molecule has 3 amide bonds. The molecule has 0 atom stereocenters. The van der Waals surface area contributed by atoms with Gasteiger partial charge in [0.05, 0.1) is 11.1 Å².